The zero-order chi connectivity index (χ0) is 37.3. The standard InChI is InChI=1S/C46H85NO4/c1-3-5-7-9-11-13-15-17-18-19-20-21-22-23-24-25-26-27-28-29-31-33-35-37-39-41-45(50)47-43(42-48)46(51)44(49)40-38-36-34-32-30-16-14-12-10-8-6-4-2/h12,14,20-21,23-24,32,34,43-44,46,48-49,51H,3-11,13,15-19,22,25-31,33,35-42H2,1-2H3,(H,47,50)/b14-12+,21-20-,24-23-,34-32+. The van der Waals surface area contributed by atoms with Gasteiger partial charge in [0.25, 0.3) is 0 Å². The smallest absolute Gasteiger partial charge is 0.220 e. The van der Waals surface area contributed by atoms with E-state index in [0.29, 0.717) is 12.8 Å². The average molecular weight is 716 g/mol. The van der Waals surface area contributed by atoms with Gasteiger partial charge in [-0.15, -0.1) is 0 Å². The van der Waals surface area contributed by atoms with E-state index in [4.69, 9.17) is 0 Å². The Balaban J connectivity index is 3.65. The third-order valence-electron chi connectivity index (χ3n) is 9.88. The molecule has 0 fully saturated rings. The number of unbranched alkanes of at least 4 members (excludes halogenated alkanes) is 23. The number of carbonyl (C=O) groups excluding carboxylic acids is 1. The number of nitrogens with one attached hydrogen (secondary N) is 1. The number of aliphatic hydroxyl groups excluding tert-OH is 3. The van der Waals surface area contributed by atoms with E-state index in [-0.39, 0.29) is 12.5 Å². The predicted octanol–water partition coefficient (Wildman–Crippen LogP) is 12.5. The highest BCUT2D eigenvalue weighted by atomic mass is 16.3. The Morgan fingerprint density at radius 2 is 0.863 bits per heavy atom. The molecule has 0 aliphatic carbocycles. The molecule has 1 amide bonds. The molecule has 3 unspecified atom stereocenters. The molecule has 0 aliphatic heterocycles. The molecule has 51 heavy (non-hydrogen) atoms. The number of aliphatic hydroxyl groups is 3. The predicted molar refractivity (Wildman–Crippen MR) is 222 cm³/mol. The van der Waals surface area contributed by atoms with Gasteiger partial charge in [-0.2, -0.15) is 0 Å². The Bertz CT molecular complexity index is 835. The molecule has 298 valence electrons. The van der Waals surface area contributed by atoms with Crippen LogP contribution in [0.25, 0.3) is 0 Å². The van der Waals surface area contributed by atoms with Gasteiger partial charge in [0.15, 0.2) is 0 Å². The summed E-state index contributed by atoms with van der Waals surface area (Å²) < 4.78 is 0. The van der Waals surface area contributed by atoms with Crippen molar-refractivity contribution in [3.63, 3.8) is 0 Å². The van der Waals surface area contributed by atoms with Crippen LogP contribution in [0.15, 0.2) is 48.6 Å². The maximum atomic E-state index is 12.4. The Morgan fingerprint density at radius 1 is 0.490 bits per heavy atom. The van der Waals surface area contributed by atoms with E-state index in [2.05, 4.69) is 67.8 Å². The van der Waals surface area contributed by atoms with Crippen molar-refractivity contribution in [1.29, 1.82) is 0 Å². The maximum Gasteiger partial charge on any atom is 0.220 e. The molecule has 0 heterocycles. The Morgan fingerprint density at radius 3 is 1.35 bits per heavy atom. The van der Waals surface area contributed by atoms with Gasteiger partial charge in [-0.3, -0.25) is 4.79 Å². The lowest BCUT2D eigenvalue weighted by atomic mass is 10.0. The van der Waals surface area contributed by atoms with Gasteiger partial charge in [-0.25, -0.2) is 0 Å². The number of hydrogen-bond acceptors (Lipinski definition) is 4. The molecular weight excluding hydrogens is 631 g/mol. The third-order valence-corrected chi connectivity index (χ3v) is 9.88. The van der Waals surface area contributed by atoms with E-state index in [0.717, 1.165) is 51.4 Å². The van der Waals surface area contributed by atoms with Gasteiger partial charge in [0, 0.05) is 6.42 Å². The zero-order valence-electron chi connectivity index (χ0n) is 33.7. The van der Waals surface area contributed by atoms with Crippen LogP contribution in [-0.4, -0.2) is 46.1 Å². The first-order valence-electron chi connectivity index (χ1n) is 21.9. The highest BCUT2D eigenvalue weighted by Gasteiger charge is 2.26. The van der Waals surface area contributed by atoms with Gasteiger partial charge >= 0.3 is 0 Å². The molecule has 0 aromatic carbocycles. The minimum atomic E-state index is -1.17. The fourth-order valence-corrected chi connectivity index (χ4v) is 6.44. The quantitative estimate of drug-likeness (QED) is 0.0377. The number of carbonyl (C=O) groups is 1. The first kappa shape index (κ1) is 49.3. The van der Waals surface area contributed by atoms with Crippen molar-refractivity contribution < 1.29 is 20.1 Å². The average Bonchev–Trinajstić information content (AvgIpc) is 3.13. The van der Waals surface area contributed by atoms with E-state index >= 15 is 0 Å². The van der Waals surface area contributed by atoms with Crippen molar-refractivity contribution >= 4 is 5.91 Å². The lowest BCUT2D eigenvalue weighted by molar-refractivity contribution is -0.124. The molecular formula is C46H85NO4. The lowest BCUT2D eigenvalue weighted by Crippen LogP contribution is -2.50. The molecule has 5 heteroatoms. The lowest BCUT2D eigenvalue weighted by Gasteiger charge is -2.26. The van der Waals surface area contributed by atoms with Crippen LogP contribution in [0.5, 0.6) is 0 Å². The number of amides is 1. The van der Waals surface area contributed by atoms with Crippen molar-refractivity contribution in [1.82, 2.24) is 5.32 Å². The van der Waals surface area contributed by atoms with Crippen molar-refractivity contribution in [2.45, 2.75) is 231 Å². The second-order valence-electron chi connectivity index (χ2n) is 14.9. The summed E-state index contributed by atoms with van der Waals surface area (Å²) in [6.45, 7) is 4.12. The van der Waals surface area contributed by atoms with Gasteiger partial charge in [0.05, 0.1) is 18.8 Å². The molecule has 0 spiro atoms. The largest absolute Gasteiger partial charge is 0.394 e. The minimum absolute atomic E-state index is 0.165. The monoisotopic (exact) mass is 716 g/mol. The van der Waals surface area contributed by atoms with E-state index in [1.807, 2.05) is 0 Å². The summed E-state index contributed by atoms with van der Waals surface area (Å²) >= 11 is 0. The van der Waals surface area contributed by atoms with Gasteiger partial charge in [0.1, 0.15) is 6.10 Å². The maximum absolute atomic E-state index is 12.4. The van der Waals surface area contributed by atoms with Gasteiger partial charge in [-0.05, 0) is 83.5 Å². The van der Waals surface area contributed by atoms with Crippen molar-refractivity contribution in [2.75, 3.05) is 6.61 Å². The summed E-state index contributed by atoms with van der Waals surface area (Å²) in [5.41, 5.74) is 0. The van der Waals surface area contributed by atoms with E-state index in [9.17, 15) is 20.1 Å². The van der Waals surface area contributed by atoms with Gasteiger partial charge < -0.3 is 20.6 Å². The molecule has 0 rings (SSSR count). The minimum Gasteiger partial charge on any atom is -0.394 e. The highest BCUT2D eigenvalue weighted by molar-refractivity contribution is 5.76. The van der Waals surface area contributed by atoms with Crippen LogP contribution in [0.2, 0.25) is 0 Å². The molecule has 0 bridgehead atoms. The third kappa shape index (κ3) is 36.5. The first-order valence-corrected chi connectivity index (χ1v) is 21.9. The van der Waals surface area contributed by atoms with Gasteiger partial charge in [-0.1, -0.05) is 172 Å². The molecule has 3 atom stereocenters. The zero-order valence-corrected chi connectivity index (χ0v) is 33.7. The molecule has 0 aromatic rings. The van der Waals surface area contributed by atoms with Crippen molar-refractivity contribution in [2.24, 2.45) is 0 Å². The first-order chi connectivity index (χ1) is 25.1. The van der Waals surface area contributed by atoms with Crippen LogP contribution in [0.4, 0.5) is 0 Å². The van der Waals surface area contributed by atoms with E-state index in [1.165, 1.54) is 135 Å². The second kappa shape index (κ2) is 41.1. The van der Waals surface area contributed by atoms with E-state index < -0.39 is 18.2 Å². The topological polar surface area (TPSA) is 89.8 Å². The highest BCUT2D eigenvalue weighted by Crippen LogP contribution is 2.14. The van der Waals surface area contributed by atoms with Gasteiger partial charge in [0.2, 0.25) is 5.91 Å². The van der Waals surface area contributed by atoms with Crippen LogP contribution in [-0.2, 0) is 4.79 Å². The summed E-state index contributed by atoms with van der Waals surface area (Å²) in [6.07, 6.45) is 52.3. The van der Waals surface area contributed by atoms with Crippen LogP contribution >= 0.6 is 0 Å². The molecule has 4 N–H and O–H groups in total. The Hall–Kier alpha value is -1.69. The summed E-state index contributed by atoms with van der Waals surface area (Å²) in [5, 5.41) is 33.4. The summed E-state index contributed by atoms with van der Waals surface area (Å²) in [5.74, 6) is -0.165. The normalized spacial score (nSPS) is 14.1. The molecule has 5 nitrogen and oxygen atoms in total. The Labute approximate surface area is 316 Å². The molecule has 0 saturated carbocycles. The van der Waals surface area contributed by atoms with Crippen molar-refractivity contribution in [3.8, 4) is 0 Å². The molecule has 0 aromatic heterocycles. The molecule has 0 radical (unpaired) electrons. The molecule has 0 saturated heterocycles. The Kier molecular flexibility index (Phi) is 39.7. The van der Waals surface area contributed by atoms with Crippen LogP contribution in [0, 0.1) is 0 Å². The number of rotatable bonds is 39. The van der Waals surface area contributed by atoms with Crippen LogP contribution < -0.4 is 5.32 Å². The van der Waals surface area contributed by atoms with Crippen LogP contribution in [0.1, 0.15) is 213 Å². The summed E-state index contributed by atoms with van der Waals surface area (Å²) in [7, 11) is 0. The van der Waals surface area contributed by atoms with E-state index in [1.54, 1.807) is 0 Å². The summed E-state index contributed by atoms with van der Waals surface area (Å²) in [6, 6.07) is -0.835. The SMILES string of the molecule is CCCCC/C=C/CC/C=C/CCCC(O)C(O)C(CO)NC(=O)CCCCCCCCCCC/C=C\C/C=C\CCCCCCCCCCC. The fraction of sp³-hybridized carbons (Fsp3) is 0.804. The fourth-order valence-electron chi connectivity index (χ4n) is 6.44. The molecule has 0 aliphatic rings. The summed E-state index contributed by atoms with van der Waals surface area (Å²) in [4.78, 5) is 12.4. The number of allylic oxidation sites excluding steroid dienone is 8. The van der Waals surface area contributed by atoms with Crippen molar-refractivity contribution in [3.05, 3.63) is 48.6 Å². The second-order valence-corrected chi connectivity index (χ2v) is 14.9. The van der Waals surface area contributed by atoms with Crippen LogP contribution in [0.3, 0.4) is 0 Å². The number of hydrogen-bond donors (Lipinski definition) is 4.